The fourth-order valence-electron chi connectivity index (χ4n) is 3.03. The number of methoxy groups -OCH3 is 1. The highest BCUT2D eigenvalue weighted by Crippen LogP contribution is 2.28. The Hall–Kier alpha value is -2.44. The number of ether oxygens (including phenoxy) is 1. The van der Waals surface area contributed by atoms with E-state index in [0.29, 0.717) is 6.54 Å². The number of amides is 1. The minimum absolute atomic E-state index is 0.0421. The van der Waals surface area contributed by atoms with Crippen LogP contribution in [-0.2, 0) is 11.3 Å². The largest absolute Gasteiger partial charge is 0.497 e. The van der Waals surface area contributed by atoms with E-state index >= 15 is 0 Å². The average Bonchev–Trinajstić information content (AvgIpc) is 3.11. The summed E-state index contributed by atoms with van der Waals surface area (Å²) < 4.78 is 6.42. The van der Waals surface area contributed by atoms with E-state index in [9.17, 15) is 4.79 Å². The van der Waals surface area contributed by atoms with Crippen LogP contribution < -0.4 is 9.64 Å². The predicted molar refractivity (Wildman–Crippen MR) is 109 cm³/mol. The third kappa shape index (κ3) is 4.64. The normalized spacial score (nSPS) is 13.3. The maximum absolute atomic E-state index is 12.8. The van der Waals surface area contributed by atoms with Crippen molar-refractivity contribution in [3.63, 3.8) is 0 Å². The summed E-state index contributed by atoms with van der Waals surface area (Å²) in [5.74, 6) is 0.954. The van der Waals surface area contributed by atoms with Gasteiger partial charge in [0.15, 0.2) is 6.54 Å². The monoisotopic (exact) mass is 384 g/mol. The minimum Gasteiger partial charge on any atom is -0.497 e. The molecule has 1 heterocycles. The van der Waals surface area contributed by atoms with Crippen molar-refractivity contribution in [2.24, 2.45) is 0 Å². The van der Waals surface area contributed by atoms with Gasteiger partial charge in [-0.15, -0.1) is 11.3 Å². The van der Waals surface area contributed by atoms with Crippen molar-refractivity contribution in [3.05, 3.63) is 59.1 Å². The van der Waals surface area contributed by atoms with Gasteiger partial charge in [0.2, 0.25) is 0 Å². The molecular formula is C21H26N3O2S+. The molecule has 0 aliphatic carbocycles. The zero-order chi connectivity index (χ0) is 19.4. The summed E-state index contributed by atoms with van der Waals surface area (Å²) in [4.78, 5) is 20.4. The van der Waals surface area contributed by atoms with Crippen LogP contribution in [0.1, 0.15) is 23.5 Å². The molecule has 5 nitrogen and oxygen atoms in total. The third-order valence-corrected chi connectivity index (χ3v) is 5.94. The van der Waals surface area contributed by atoms with Gasteiger partial charge in [-0.1, -0.05) is 24.3 Å². The molecule has 0 spiro atoms. The fourth-order valence-corrected chi connectivity index (χ4v) is 4.09. The molecule has 6 heteroatoms. The van der Waals surface area contributed by atoms with Crippen LogP contribution in [0.3, 0.4) is 0 Å². The van der Waals surface area contributed by atoms with E-state index in [0.717, 1.165) is 38.0 Å². The SMILES string of the molecule is COc1cccc(C[NH+](C)CC(=O)N(C)[C@@H](C)c2nc3ccccc3s2)c1. The smallest absolute Gasteiger partial charge is 0.278 e. The van der Waals surface area contributed by atoms with Crippen LogP contribution >= 0.6 is 11.3 Å². The molecule has 1 amide bonds. The highest BCUT2D eigenvalue weighted by atomic mass is 32.1. The molecule has 0 aliphatic rings. The zero-order valence-corrected chi connectivity index (χ0v) is 17.0. The van der Waals surface area contributed by atoms with Crippen LogP contribution in [-0.4, -0.2) is 43.5 Å². The number of carbonyl (C=O) groups excluding carboxylic acids is 1. The van der Waals surface area contributed by atoms with Gasteiger partial charge in [-0.2, -0.15) is 0 Å². The van der Waals surface area contributed by atoms with E-state index in [-0.39, 0.29) is 11.9 Å². The number of rotatable bonds is 7. The van der Waals surface area contributed by atoms with Gasteiger partial charge < -0.3 is 14.5 Å². The molecule has 3 rings (SSSR count). The first-order chi connectivity index (χ1) is 13.0. The molecule has 0 radical (unpaired) electrons. The van der Waals surface area contributed by atoms with Crippen molar-refractivity contribution in [1.82, 2.24) is 9.88 Å². The van der Waals surface area contributed by atoms with Crippen LogP contribution in [0.15, 0.2) is 48.5 Å². The second-order valence-electron chi connectivity index (χ2n) is 6.86. The molecule has 27 heavy (non-hydrogen) atoms. The Morgan fingerprint density at radius 3 is 2.78 bits per heavy atom. The summed E-state index contributed by atoms with van der Waals surface area (Å²) >= 11 is 1.65. The van der Waals surface area contributed by atoms with Crippen molar-refractivity contribution in [2.45, 2.75) is 19.5 Å². The Kier molecular flexibility index (Phi) is 6.08. The molecule has 0 aliphatic heterocycles. The summed E-state index contributed by atoms with van der Waals surface area (Å²) in [7, 11) is 5.56. The number of nitrogens with one attached hydrogen (secondary N) is 1. The predicted octanol–water partition coefficient (Wildman–Crippen LogP) is 2.54. The number of aromatic nitrogens is 1. The quantitative estimate of drug-likeness (QED) is 0.681. The number of likely N-dealkylation sites (N-methyl/N-ethyl adjacent to an activating group) is 2. The molecule has 0 saturated carbocycles. The second-order valence-corrected chi connectivity index (χ2v) is 7.92. The highest BCUT2D eigenvalue weighted by molar-refractivity contribution is 7.18. The number of fused-ring (bicyclic) bond motifs is 1. The fraction of sp³-hybridized carbons (Fsp3) is 0.333. The van der Waals surface area contributed by atoms with E-state index in [1.54, 1.807) is 23.3 Å². The van der Waals surface area contributed by atoms with Gasteiger partial charge in [-0.25, -0.2) is 4.98 Å². The van der Waals surface area contributed by atoms with Crippen LogP contribution in [0.5, 0.6) is 5.75 Å². The van der Waals surface area contributed by atoms with Gasteiger partial charge in [0.25, 0.3) is 5.91 Å². The summed E-state index contributed by atoms with van der Waals surface area (Å²) in [5, 5.41) is 0.970. The van der Waals surface area contributed by atoms with Crippen LogP contribution in [0.4, 0.5) is 0 Å². The topological polar surface area (TPSA) is 46.9 Å². The highest BCUT2D eigenvalue weighted by Gasteiger charge is 2.23. The first-order valence-electron chi connectivity index (χ1n) is 9.03. The zero-order valence-electron chi connectivity index (χ0n) is 16.2. The van der Waals surface area contributed by atoms with Gasteiger partial charge in [0, 0.05) is 12.6 Å². The Balaban J connectivity index is 1.62. The molecule has 1 unspecified atom stereocenters. The lowest BCUT2D eigenvalue weighted by Crippen LogP contribution is -3.08. The molecule has 1 aromatic heterocycles. The number of carbonyl (C=O) groups is 1. The first kappa shape index (κ1) is 19.3. The maximum atomic E-state index is 12.8. The van der Waals surface area contributed by atoms with Crippen molar-refractivity contribution in [1.29, 1.82) is 0 Å². The minimum atomic E-state index is -0.0421. The molecule has 142 valence electrons. The number of benzene rings is 2. The van der Waals surface area contributed by atoms with E-state index in [1.165, 1.54) is 0 Å². The molecule has 1 N–H and O–H groups in total. The summed E-state index contributed by atoms with van der Waals surface area (Å²) in [5.41, 5.74) is 2.15. The average molecular weight is 385 g/mol. The lowest BCUT2D eigenvalue weighted by atomic mass is 10.2. The lowest BCUT2D eigenvalue weighted by Gasteiger charge is -2.24. The first-order valence-corrected chi connectivity index (χ1v) is 9.85. The van der Waals surface area contributed by atoms with Crippen molar-refractivity contribution in [3.8, 4) is 5.75 Å². The van der Waals surface area contributed by atoms with Crippen LogP contribution in [0.25, 0.3) is 10.2 Å². The van der Waals surface area contributed by atoms with Gasteiger partial charge in [0.05, 0.1) is 30.4 Å². The summed E-state index contributed by atoms with van der Waals surface area (Å²) in [6.07, 6.45) is 0. The standard InChI is InChI=1S/C21H25N3O2S/c1-15(21-22-18-10-5-6-11-19(18)27-21)24(3)20(25)14-23(2)13-16-8-7-9-17(12-16)26-4/h5-12,15H,13-14H2,1-4H3/p+1/t15-/m0/s1. The van der Waals surface area contributed by atoms with E-state index < -0.39 is 0 Å². The summed E-state index contributed by atoms with van der Waals surface area (Å²) in [6.45, 7) is 3.24. The molecule has 0 fully saturated rings. The molecule has 2 aromatic carbocycles. The summed E-state index contributed by atoms with van der Waals surface area (Å²) in [6, 6.07) is 16.0. The number of hydrogen-bond donors (Lipinski definition) is 1. The van der Waals surface area contributed by atoms with Gasteiger partial charge in [-0.3, -0.25) is 4.79 Å². The van der Waals surface area contributed by atoms with Crippen LogP contribution in [0.2, 0.25) is 0 Å². The third-order valence-electron chi connectivity index (χ3n) is 4.74. The molecular weight excluding hydrogens is 358 g/mol. The van der Waals surface area contributed by atoms with E-state index in [1.807, 2.05) is 57.4 Å². The molecule has 3 aromatic rings. The van der Waals surface area contributed by atoms with Crippen LogP contribution in [0, 0.1) is 0 Å². The van der Waals surface area contributed by atoms with E-state index in [4.69, 9.17) is 4.74 Å². The Morgan fingerprint density at radius 1 is 1.26 bits per heavy atom. The van der Waals surface area contributed by atoms with Gasteiger partial charge >= 0.3 is 0 Å². The van der Waals surface area contributed by atoms with E-state index in [2.05, 4.69) is 17.1 Å². The number of thiazole rings is 1. The van der Waals surface area contributed by atoms with Crippen molar-refractivity contribution < 1.29 is 14.4 Å². The van der Waals surface area contributed by atoms with Crippen molar-refractivity contribution in [2.75, 3.05) is 27.7 Å². The van der Waals surface area contributed by atoms with Crippen molar-refractivity contribution >= 4 is 27.5 Å². The van der Waals surface area contributed by atoms with Gasteiger partial charge in [0.1, 0.15) is 17.3 Å². The molecule has 0 saturated heterocycles. The Morgan fingerprint density at radius 2 is 2.04 bits per heavy atom. The number of nitrogens with zero attached hydrogens (tertiary/aromatic N) is 2. The lowest BCUT2D eigenvalue weighted by molar-refractivity contribution is -0.885. The Bertz CT molecular complexity index is 891. The van der Waals surface area contributed by atoms with Gasteiger partial charge in [-0.05, 0) is 31.2 Å². The number of quaternary nitrogens is 1. The Labute approximate surface area is 164 Å². The molecule has 2 atom stereocenters. The second kappa shape index (κ2) is 8.50. The number of hydrogen-bond acceptors (Lipinski definition) is 4. The maximum Gasteiger partial charge on any atom is 0.278 e. The molecule has 0 bridgehead atoms. The number of para-hydroxylation sites is 1.